The van der Waals surface area contributed by atoms with Crippen molar-refractivity contribution in [2.75, 3.05) is 0 Å². The van der Waals surface area contributed by atoms with E-state index in [0.29, 0.717) is 0 Å². The van der Waals surface area contributed by atoms with E-state index < -0.39 is 44.8 Å². The topological polar surface area (TPSA) is 146 Å². The molecule has 0 aromatic heterocycles. The van der Waals surface area contributed by atoms with Crippen LogP contribution in [0.3, 0.4) is 0 Å². The Balaban J connectivity index is 2.37. The maximum atomic E-state index is 12.7. The molecule has 0 heterocycles. The molecule has 2 aliphatic rings. The first-order chi connectivity index (χ1) is 10.8. The van der Waals surface area contributed by atoms with Crippen molar-refractivity contribution in [3.8, 4) is 0 Å². The Bertz CT molecular complexity index is 868. The molecule has 0 radical (unpaired) electrons. The molecular weight excluding hydrogens is 302 g/mol. The van der Waals surface area contributed by atoms with Crippen molar-refractivity contribution in [1.82, 2.24) is 0 Å². The van der Waals surface area contributed by atoms with Gasteiger partial charge in [-0.05, 0) is 6.08 Å². The summed E-state index contributed by atoms with van der Waals surface area (Å²) < 4.78 is 0. The lowest BCUT2D eigenvalue weighted by atomic mass is 9.70. The first-order valence-corrected chi connectivity index (χ1v) is 6.66. The van der Waals surface area contributed by atoms with E-state index in [1.54, 1.807) is 6.07 Å². The van der Waals surface area contributed by atoms with E-state index in [-0.39, 0.29) is 17.5 Å². The highest BCUT2D eigenvalue weighted by Gasteiger charge is 2.51. The number of primary amides is 1. The summed E-state index contributed by atoms with van der Waals surface area (Å²) in [6.07, 6.45) is 0.737. The van der Waals surface area contributed by atoms with Gasteiger partial charge in [-0.25, -0.2) is 0 Å². The van der Waals surface area contributed by atoms with Crippen molar-refractivity contribution < 1.29 is 19.3 Å². The molecule has 3 rings (SSSR count). The summed E-state index contributed by atoms with van der Waals surface area (Å²) in [7, 11) is 0. The van der Waals surface area contributed by atoms with E-state index in [1.165, 1.54) is 18.2 Å². The zero-order chi connectivity index (χ0) is 16.9. The first kappa shape index (κ1) is 14.8. The summed E-state index contributed by atoms with van der Waals surface area (Å²) in [6, 6.07) is 5.89. The minimum atomic E-state index is -1.95. The fraction of sp³-hybridized carbons (Fsp3) is 0.133. The fourth-order valence-electron chi connectivity index (χ4n) is 2.90. The number of nitrogens with two attached hydrogens (primary N) is 2. The quantitative estimate of drug-likeness (QED) is 0.585. The van der Waals surface area contributed by atoms with Gasteiger partial charge in [0, 0.05) is 23.1 Å². The number of ketones is 2. The van der Waals surface area contributed by atoms with Gasteiger partial charge in [0.15, 0.2) is 5.78 Å². The van der Waals surface area contributed by atoms with E-state index in [4.69, 9.17) is 11.5 Å². The second-order valence-corrected chi connectivity index (χ2v) is 5.34. The van der Waals surface area contributed by atoms with Gasteiger partial charge in [-0.1, -0.05) is 24.3 Å². The van der Waals surface area contributed by atoms with Crippen LogP contribution in [-0.4, -0.2) is 27.9 Å². The van der Waals surface area contributed by atoms with Crippen molar-refractivity contribution in [3.63, 3.8) is 0 Å². The number of carbonyl (C=O) groups excluding carboxylic acids is 3. The summed E-state index contributed by atoms with van der Waals surface area (Å²) in [5.41, 5.74) is 8.01. The van der Waals surface area contributed by atoms with Crippen molar-refractivity contribution in [2.24, 2.45) is 11.5 Å². The Hall–Kier alpha value is -3.13. The fourth-order valence-corrected chi connectivity index (χ4v) is 2.90. The van der Waals surface area contributed by atoms with Crippen LogP contribution in [0.4, 0.5) is 0 Å². The highest BCUT2D eigenvalue weighted by atomic mass is 16.6. The van der Waals surface area contributed by atoms with Crippen LogP contribution in [0.25, 0.3) is 0 Å². The molecule has 1 amide bonds. The number of fused-ring (bicyclic) bond motifs is 1. The van der Waals surface area contributed by atoms with E-state index in [9.17, 15) is 24.5 Å². The monoisotopic (exact) mass is 313 g/mol. The standard InChI is InChI=1S/C15H11N3O5/c16-14(21)15(17)6-5-9(18(22)23)10-11(15)13(20)8-4-2-1-3-7(8)12(10)19/h1-5H,6,17H2,(H2,16,21). The molecule has 0 fully saturated rings. The number of nitro groups is 1. The molecule has 1 aromatic carbocycles. The largest absolute Gasteiger partial charge is 0.368 e. The van der Waals surface area contributed by atoms with Gasteiger partial charge >= 0.3 is 0 Å². The number of allylic oxidation sites excluding steroid dienone is 1. The summed E-state index contributed by atoms with van der Waals surface area (Å²) in [5, 5.41) is 11.2. The van der Waals surface area contributed by atoms with Gasteiger partial charge in [0.05, 0.1) is 4.92 Å². The maximum Gasteiger partial charge on any atom is 0.277 e. The normalized spacial score (nSPS) is 23.1. The van der Waals surface area contributed by atoms with Crippen LogP contribution in [0.15, 0.2) is 47.2 Å². The molecular formula is C15H11N3O5. The highest BCUT2D eigenvalue weighted by molar-refractivity contribution is 6.30. The minimum Gasteiger partial charge on any atom is -0.368 e. The molecule has 8 nitrogen and oxygen atoms in total. The summed E-state index contributed by atoms with van der Waals surface area (Å²) in [5.74, 6) is -2.43. The van der Waals surface area contributed by atoms with Gasteiger partial charge in [-0.15, -0.1) is 0 Å². The predicted octanol–water partition coefficient (Wildman–Crippen LogP) is 0.109. The van der Waals surface area contributed by atoms with Crippen LogP contribution in [0.2, 0.25) is 0 Å². The predicted molar refractivity (Wildman–Crippen MR) is 77.9 cm³/mol. The van der Waals surface area contributed by atoms with Gasteiger partial charge < -0.3 is 11.5 Å². The average Bonchev–Trinajstić information content (AvgIpc) is 2.51. The Labute approximate surface area is 129 Å². The minimum absolute atomic E-state index is 0.0396. The van der Waals surface area contributed by atoms with E-state index >= 15 is 0 Å². The van der Waals surface area contributed by atoms with Gasteiger partial charge in [0.2, 0.25) is 11.7 Å². The van der Waals surface area contributed by atoms with E-state index in [1.807, 2.05) is 0 Å². The van der Waals surface area contributed by atoms with Crippen molar-refractivity contribution in [2.45, 2.75) is 12.0 Å². The molecule has 0 spiro atoms. The molecule has 8 heteroatoms. The lowest BCUT2D eigenvalue weighted by molar-refractivity contribution is -0.420. The summed E-state index contributed by atoms with van der Waals surface area (Å²) in [4.78, 5) is 47.6. The van der Waals surface area contributed by atoms with Crippen LogP contribution in [0.5, 0.6) is 0 Å². The first-order valence-electron chi connectivity index (χ1n) is 6.66. The third-order valence-corrected chi connectivity index (χ3v) is 4.08. The van der Waals surface area contributed by atoms with E-state index in [0.717, 1.165) is 6.08 Å². The van der Waals surface area contributed by atoms with Gasteiger partial charge in [0.1, 0.15) is 11.1 Å². The van der Waals surface area contributed by atoms with Crippen molar-refractivity contribution in [1.29, 1.82) is 0 Å². The molecule has 23 heavy (non-hydrogen) atoms. The number of carbonyl (C=O) groups is 3. The smallest absolute Gasteiger partial charge is 0.277 e. The van der Waals surface area contributed by atoms with Crippen LogP contribution >= 0.6 is 0 Å². The molecule has 116 valence electrons. The van der Waals surface area contributed by atoms with Crippen molar-refractivity contribution >= 4 is 17.5 Å². The molecule has 2 aliphatic carbocycles. The molecule has 0 saturated carbocycles. The van der Waals surface area contributed by atoms with Crippen LogP contribution in [-0.2, 0) is 4.79 Å². The van der Waals surface area contributed by atoms with Crippen LogP contribution in [0, 0.1) is 10.1 Å². The molecule has 1 unspecified atom stereocenters. The third kappa shape index (κ3) is 1.85. The third-order valence-electron chi connectivity index (χ3n) is 4.08. The number of rotatable bonds is 2. The average molecular weight is 313 g/mol. The van der Waals surface area contributed by atoms with Gasteiger partial charge in [0.25, 0.3) is 5.70 Å². The molecule has 1 aromatic rings. The Morgan fingerprint density at radius 2 is 1.74 bits per heavy atom. The Kier molecular flexibility index (Phi) is 3.01. The lowest BCUT2D eigenvalue weighted by Gasteiger charge is -2.33. The number of amides is 1. The SMILES string of the molecule is NC(=O)C1(N)CC=C([N+](=O)[O-])C2=C1C(=O)c1ccccc1C2=O. The molecule has 1 atom stereocenters. The Morgan fingerprint density at radius 3 is 2.26 bits per heavy atom. The molecule has 0 bridgehead atoms. The van der Waals surface area contributed by atoms with Crippen LogP contribution < -0.4 is 11.5 Å². The second-order valence-electron chi connectivity index (χ2n) is 5.34. The molecule has 0 aliphatic heterocycles. The number of hydrogen-bond acceptors (Lipinski definition) is 6. The van der Waals surface area contributed by atoms with Crippen LogP contribution in [0.1, 0.15) is 27.1 Å². The molecule has 4 N–H and O–H groups in total. The summed E-state index contributed by atoms with van der Waals surface area (Å²) in [6.45, 7) is 0. The second kappa shape index (κ2) is 4.68. The number of Topliss-reactive ketones (excluding diaryl/α,β-unsaturated/α-hetero) is 2. The zero-order valence-electron chi connectivity index (χ0n) is 11.7. The number of nitrogens with zero attached hydrogens (tertiary/aromatic N) is 1. The summed E-state index contributed by atoms with van der Waals surface area (Å²) >= 11 is 0. The maximum absolute atomic E-state index is 12.7. The van der Waals surface area contributed by atoms with E-state index in [2.05, 4.69) is 0 Å². The zero-order valence-corrected chi connectivity index (χ0v) is 11.7. The van der Waals surface area contributed by atoms with Gasteiger partial charge in [-0.3, -0.25) is 24.5 Å². The Morgan fingerprint density at radius 1 is 1.17 bits per heavy atom. The molecule has 0 saturated heterocycles. The number of benzene rings is 1. The van der Waals surface area contributed by atoms with Crippen molar-refractivity contribution in [3.05, 3.63) is 68.4 Å². The lowest BCUT2D eigenvalue weighted by Crippen LogP contribution is -2.57. The highest BCUT2D eigenvalue weighted by Crippen LogP contribution is 2.39. The number of hydrogen-bond donors (Lipinski definition) is 2. The van der Waals surface area contributed by atoms with Gasteiger partial charge in [-0.2, -0.15) is 0 Å².